The van der Waals surface area contributed by atoms with Crippen molar-refractivity contribution in [1.29, 1.82) is 0 Å². The number of benzene rings is 1. The van der Waals surface area contributed by atoms with Gasteiger partial charge in [0.1, 0.15) is 0 Å². The zero-order chi connectivity index (χ0) is 12.3. The Kier molecular flexibility index (Phi) is 3.09. The highest BCUT2D eigenvalue weighted by atomic mass is 16.5. The third kappa shape index (κ3) is 2.63. The zero-order valence-electron chi connectivity index (χ0n) is 9.46. The van der Waals surface area contributed by atoms with Gasteiger partial charge in [-0.1, -0.05) is 12.1 Å². The maximum absolute atomic E-state index is 11.6. The first kappa shape index (κ1) is 11.2. The summed E-state index contributed by atoms with van der Waals surface area (Å²) in [5.41, 5.74) is 7.08. The summed E-state index contributed by atoms with van der Waals surface area (Å²) in [5, 5.41) is 4.06. The van der Waals surface area contributed by atoms with Gasteiger partial charge in [-0.3, -0.25) is 4.79 Å². The molecule has 0 aliphatic heterocycles. The average Bonchev–Trinajstić information content (AvgIpc) is 2.35. The quantitative estimate of drug-likeness (QED) is 0.796. The largest absolute Gasteiger partial charge is 0.480 e. The van der Waals surface area contributed by atoms with Crippen LogP contribution in [0.15, 0.2) is 41.2 Å². The molecule has 0 saturated carbocycles. The van der Waals surface area contributed by atoms with Gasteiger partial charge in [-0.2, -0.15) is 0 Å². The number of rotatable bonds is 3. The van der Waals surface area contributed by atoms with Gasteiger partial charge in [0.25, 0.3) is 5.56 Å². The molecule has 0 fully saturated rings. The molecule has 0 unspecified atom stereocenters. The van der Waals surface area contributed by atoms with Crippen LogP contribution in [0.1, 0.15) is 5.56 Å². The molecule has 2 aromatic rings. The predicted octanol–water partition coefficient (Wildman–Crippen LogP) is 0.882. The van der Waals surface area contributed by atoms with Gasteiger partial charge in [-0.15, -0.1) is 5.10 Å². The summed E-state index contributed by atoms with van der Waals surface area (Å²) in [7, 11) is 1.51. The number of nitrogen functional groups attached to an aromatic ring is 1. The normalized spacial score (nSPS) is 10.2. The van der Waals surface area contributed by atoms with E-state index in [1.165, 1.54) is 17.9 Å². The van der Waals surface area contributed by atoms with E-state index in [1.54, 1.807) is 18.2 Å². The lowest BCUT2D eigenvalue weighted by molar-refractivity contribution is 0.379. The number of anilines is 1. The smallest absolute Gasteiger partial charge is 0.267 e. The van der Waals surface area contributed by atoms with E-state index in [0.717, 1.165) is 5.56 Å². The van der Waals surface area contributed by atoms with E-state index in [9.17, 15) is 4.79 Å². The van der Waals surface area contributed by atoms with Gasteiger partial charge in [0, 0.05) is 17.8 Å². The SMILES string of the molecule is COc1ccc(=O)n(Cc2ccc(N)cc2)n1. The van der Waals surface area contributed by atoms with Crippen molar-refractivity contribution in [3.05, 3.63) is 52.3 Å². The molecule has 0 radical (unpaired) electrons. The van der Waals surface area contributed by atoms with Crippen molar-refractivity contribution in [3.8, 4) is 5.88 Å². The van der Waals surface area contributed by atoms with Gasteiger partial charge < -0.3 is 10.5 Å². The van der Waals surface area contributed by atoms with Gasteiger partial charge in [0.15, 0.2) is 0 Å². The van der Waals surface area contributed by atoms with E-state index in [0.29, 0.717) is 18.1 Å². The topological polar surface area (TPSA) is 70.1 Å². The monoisotopic (exact) mass is 231 g/mol. The molecule has 0 aliphatic carbocycles. The molecule has 1 aromatic heterocycles. The average molecular weight is 231 g/mol. The summed E-state index contributed by atoms with van der Waals surface area (Å²) in [5.74, 6) is 0.417. The van der Waals surface area contributed by atoms with Crippen molar-refractivity contribution in [3.63, 3.8) is 0 Å². The Bertz CT molecular complexity index is 561. The molecule has 5 heteroatoms. The third-order valence-corrected chi connectivity index (χ3v) is 2.36. The number of ether oxygens (including phenoxy) is 1. The Morgan fingerprint density at radius 3 is 2.59 bits per heavy atom. The lowest BCUT2D eigenvalue weighted by Crippen LogP contribution is -2.22. The summed E-state index contributed by atoms with van der Waals surface area (Å²) in [4.78, 5) is 11.6. The highest BCUT2D eigenvalue weighted by Gasteiger charge is 2.01. The number of methoxy groups -OCH3 is 1. The summed E-state index contributed by atoms with van der Waals surface area (Å²) >= 11 is 0. The molecule has 17 heavy (non-hydrogen) atoms. The molecule has 0 amide bonds. The van der Waals surface area contributed by atoms with Crippen LogP contribution in [-0.2, 0) is 6.54 Å². The number of aromatic nitrogens is 2. The molecule has 5 nitrogen and oxygen atoms in total. The first-order valence-corrected chi connectivity index (χ1v) is 5.15. The van der Waals surface area contributed by atoms with Crippen LogP contribution in [0, 0.1) is 0 Å². The van der Waals surface area contributed by atoms with Crippen LogP contribution in [0.25, 0.3) is 0 Å². The Morgan fingerprint density at radius 1 is 1.24 bits per heavy atom. The molecule has 0 bridgehead atoms. The Hall–Kier alpha value is -2.30. The summed E-state index contributed by atoms with van der Waals surface area (Å²) in [6.07, 6.45) is 0. The van der Waals surface area contributed by atoms with Gasteiger partial charge >= 0.3 is 0 Å². The van der Waals surface area contributed by atoms with Crippen LogP contribution in [0.5, 0.6) is 5.88 Å². The fourth-order valence-corrected chi connectivity index (χ4v) is 1.45. The van der Waals surface area contributed by atoms with Crippen molar-refractivity contribution < 1.29 is 4.74 Å². The molecular weight excluding hydrogens is 218 g/mol. The van der Waals surface area contributed by atoms with Crippen LogP contribution in [0.4, 0.5) is 5.69 Å². The Morgan fingerprint density at radius 2 is 1.94 bits per heavy atom. The summed E-state index contributed by atoms with van der Waals surface area (Å²) in [6.45, 7) is 0.399. The molecule has 1 aromatic carbocycles. The van der Waals surface area contributed by atoms with Crippen molar-refractivity contribution >= 4 is 5.69 Å². The molecule has 0 atom stereocenters. The molecule has 1 heterocycles. The van der Waals surface area contributed by atoms with E-state index in [-0.39, 0.29) is 5.56 Å². The second-order valence-corrected chi connectivity index (χ2v) is 3.61. The first-order valence-electron chi connectivity index (χ1n) is 5.15. The molecule has 2 N–H and O–H groups in total. The number of hydrogen-bond donors (Lipinski definition) is 1. The highest BCUT2D eigenvalue weighted by Crippen LogP contribution is 2.07. The highest BCUT2D eigenvalue weighted by molar-refractivity contribution is 5.39. The third-order valence-electron chi connectivity index (χ3n) is 2.36. The minimum atomic E-state index is -0.164. The van der Waals surface area contributed by atoms with E-state index in [2.05, 4.69) is 5.10 Å². The lowest BCUT2D eigenvalue weighted by Gasteiger charge is -2.06. The van der Waals surface area contributed by atoms with Crippen LogP contribution < -0.4 is 16.0 Å². The molecule has 0 spiro atoms. The van der Waals surface area contributed by atoms with Gasteiger partial charge in [-0.05, 0) is 17.7 Å². The zero-order valence-corrected chi connectivity index (χ0v) is 9.46. The lowest BCUT2D eigenvalue weighted by atomic mass is 10.2. The maximum Gasteiger partial charge on any atom is 0.267 e. The van der Waals surface area contributed by atoms with Crippen molar-refractivity contribution in [2.45, 2.75) is 6.54 Å². The number of hydrogen-bond acceptors (Lipinski definition) is 4. The maximum atomic E-state index is 11.6. The van der Waals surface area contributed by atoms with Crippen molar-refractivity contribution in [2.75, 3.05) is 12.8 Å². The van der Waals surface area contributed by atoms with Crippen molar-refractivity contribution in [1.82, 2.24) is 9.78 Å². The van der Waals surface area contributed by atoms with E-state index >= 15 is 0 Å². The second kappa shape index (κ2) is 4.69. The van der Waals surface area contributed by atoms with Crippen LogP contribution >= 0.6 is 0 Å². The second-order valence-electron chi connectivity index (χ2n) is 3.61. The van der Waals surface area contributed by atoms with Crippen LogP contribution in [0.3, 0.4) is 0 Å². The summed E-state index contributed by atoms with van der Waals surface area (Å²) < 4.78 is 6.33. The van der Waals surface area contributed by atoms with Gasteiger partial charge in [0.2, 0.25) is 5.88 Å². The van der Waals surface area contributed by atoms with E-state index in [1.807, 2.05) is 12.1 Å². The predicted molar refractivity (Wildman–Crippen MR) is 65.0 cm³/mol. The minimum Gasteiger partial charge on any atom is -0.480 e. The van der Waals surface area contributed by atoms with Crippen molar-refractivity contribution in [2.24, 2.45) is 0 Å². The Labute approximate surface area is 98.5 Å². The van der Waals surface area contributed by atoms with Crippen LogP contribution in [-0.4, -0.2) is 16.9 Å². The first-order chi connectivity index (χ1) is 8.19. The van der Waals surface area contributed by atoms with E-state index in [4.69, 9.17) is 10.5 Å². The molecule has 0 aliphatic rings. The van der Waals surface area contributed by atoms with Crippen LogP contribution in [0.2, 0.25) is 0 Å². The van der Waals surface area contributed by atoms with Gasteiger partial charge in [0.05, 0.1) is 13.7 Å². The summed E-state index contributed by atoms with van der Waals surface area (Å²) in [6, 6.07) is 10.3. The fourth-order valence-electron chi connectivity index (χ4n) is 1.45. The Balaban J connectivity index is 2.29. The number of nitrogens with two attached hydrogens (primary N) is 1. The van der Waals surface area contributed by atoms with Gasteiger partial charge in [-0.25, -0.2) is 4.68 Å². The van der Waals surface area contributed by atoms with E-state index < -0.39 is 0 Å². The minimum absolute atomic E-state index is 0.164. The standard InChI is InChI=1S/C12H13N3O2/c1-17-11-6-7-12(16)15(14-11)8-9-2-4-10(13)5-3-9/h2-7H,8,13H2,1H3. The molecule has 88 valence electrons. The fraction of sp³-hybridized carbons (Fsp3) is 0.167. The molecule has 0 saturated heterocycles. The molecular formula is C12H13N3O2. The number of nitrogens with zero attached hydrogens (tertiary/aromatic N) is 2. The molecule has 2 rings (SSSR count).